The Labute approximate surface area is 126 Å². The fourth-order valence-electron chi connectivity index (χ4n) is 2.15. The quantitative estimate of drug-likeness (QED) is 0.369. The Hall–Kier alpha value is -0.130. The maximum absolute atomic E-state index is 10.5. The number of aliphatic hydroxyl groups is 2. The van der Waals surface area contributed by atoms with Crippen molar-refractivity contribution in [3.8, 4) is 0 Å². The summed E-state index contributed by atoms with van der Waals surface area (Å²) in [4.78, 5) is 0. The van der Waals surface area contributed by atoms with Crippen molar-refractivity contribution in [2.75, 3.05) is 33.2 Å². The van der Waals surface area contributed by atoms with Crippen LogP contribution in [0.2, 0.25) is 0 Å². The lowest BCUT2D eigenvalue weighted by molar-refractivity contribution is -0.299. The first-order chi connectivity index (χ1) is 10.0. The predicted octanol–water partition coefficient (Wildman–Crippen LogP) is -0.887. The van der Waals surface area contributed by atoms with Crippen molar-refractivity contribution in [3.05, 3.63) is 0 Å². The maximum Gasteiger partial charge on any atom is 0.186 e. The number of rotatable bonds is 9. The highest BCUT2D eigenvalue weighted by atomic mass is 32.2. The Balaban J connectivity index is 2.35. The van der Waals surface area contributed by atoms with Crippen LogP contribution in [0.25, 0.3) is 0 Å². The van der Waals surface area contributed by atoms with E-state index in [-0.39, 0.29) is 12.4 Å². The molecular formula is C12H24O8S. The van der Waals surface area contributed by atoms with Crippen molar-refractivity contribution in [1.29, 1.82) is 0 Å². The van der Waals surface area contributed by atoms with Crippen LogP contribution in [0.15, 0.2) is 0 Å². The second-order valence-electron chi connectivity index (χ2n) is 4.77. The summed E-state index contributed by atoms with van der Waals surface area (Å²) in [6.45, 7) is 0.578. The minimum Gasteiger partial charge on any atom is -0.387 e. The Bertz CT molecular complexity index is 316. The van der Waals surface area contributed by atoms with Crippen LogP contribution < -0.4 is 0 Å². The zero-order chi connectivity index (χ0) is 15.8. The zero-order valence-electron chi connectivity index (χ0n) is 12.2. The lowest BCUT2D eigenvalue weighted by Crippen LogP contribution is -2.59. The molecule has 1 fully saturated rings. The molecule has 0 bridgehead atoms. The third-order valence-corrected chi connectivity index (χ3v) is 3.92. The van der Waals surface area contributed by atoms with E-state index in [4.69, 9.17) is 23.5 Å². The van der Waals surface area contributed by atoms with Crippen molar-refractivity contribution in [2.24, 2.45) is 0 Å². The van der Waals surface area contributed by atoms with Gasteiger partial charge in [-0.3, -0.25) is 0 Å². The molecule has 1 aliphatic heterocycles. The molecule has 1 rings (SSSR count). The van der Waals surface area contributed by atoms with Gasteiger partial charge in [0.15, 0.2) is 17.4 Å². The first-order valence-corrected chi connectivity index (χ1v) is 8.01. The van der Waals surface area contributed by atoms with E-state index in [2.05, 4.69) is 0 Å². The van der Waals surface area contributed by atoms with Crippen molar-refractivity contribution >= 4 is 11.1 Å². The molecule has 8 nitrogen and oxygen atoms in total. The Kier molecular flexibility index (Phi) is 8.83. The lowest BCUT2D eigenvalue weighted by Gasteiger charge is -2.41. The standard InChI is InChI=1S/C12H24O8S/c1-17-11-8(7-19-5-3-4-6-21(15)16)20-12(18-2)10(14)9(11)13/h8-14H,3-7H2,1-2H3,(H,15,16). The Morgan fingerprint density at radius 2 is 1.86 bits per heavy atom. The van der Waals surface area contributed by atoms with Crippen LogP contribution >= 0.6 is 0 Å². The van der Waals surface area contributed by atoms with Gasteiger partial charge in [-0.2, -0.15) is 0 Å². The van der Waals surface area contributed by atoms with Gasteiger partial charge in [0, 0.05) is 26.6 Å². The number of unbranched alkanes of at least 4 members (excludes halogenated alkanes) is 1. The fourth-order valence-corrected chi connectivity index (χ4v) is 2.61. The number of hydrogen-bond acceptors (Lipinski definition) is 7. The lowest BCUT2D eigenvalue weighted by atomic mass is 9.99. The molecule has 1 saturated heterocycles. The molecule has 9 heteroatoms. The van der Waals surface area contributed by atoms with E-state index in [0.717, 1.165) is 0 Å². The molecule has 6 unspecified atom stereocenters. The van der Waals surface area contributed by atoms with Gasteiger partial charge in [-0.05, 0) is 12.8 Å². The molecule has 0 amide bonds. The molecule has 0 saturated carbocycles. The van der Waals surface area contributed by atoms with E-state index >= 15 is 0 Å². The van der Waals surface area contributed by atoms with Gasteiger partial charge in [-0.25, -0.2) is 4.21 Å². The van der Waals surface area contributed by atoms with Crippen LogP contribution in [0.4, 0.5) is 0 Å². The van der Waals surface area contributed by atoms with Crippen molar-refractivity contribution in [3.63, 3.8) is 0 Å². The Morgan fingerprint density at radius 3 is 2.43 bits per heavy atom. The molecule has 1 heterocycles. The van der Waals surface area contributed by atoms with E-state index < -0.39 is 41.8 Å². The van der Waals surface area contributed by atoms with Crippen LogP contribution in [0.3, 0.4) is 0 Å². The minimum absolute atomic E-state index is 0.171. The normalized spacial score (nSPS) is 34.8. The SMILES string of the molecule is COC1OC(COCCCCS(=O)O)C(OC)C(O)C1O. The monoisotopic (exact) mass is 328 g/mol. The Morgan fingerprint density at radius 1 is 1.14 bits per heavy atom. The summed E-state index contributed by atoms with van der Waals surface area (Å²) < 4.78 is 40.1. The average Bonchev–Trinajstić information content (AvgIpc) is 2.45. The molecule has 126 valence electrons. The molecule has 0 radical (unpaired) electrons. The van der Waals surface area contributed by atoms with Gasteiger partial charge in [0.05, 0.1) is 6.61 Å². The highest BCUT2D eigenvalue weighted by Gasteiger charge is 2.45. The summed E-state index contributed by atoms with van der Waals surface area (Å²) in [7, 11) is 2.79. The summed E-state index contributed by atoms with van der Waals surface area (Å²) in [5.41, 5.74) is 0. The molecule has 0 aromatic rings. The highest BCUT2D eigenvalue weighted by molar-refractivity contribution is 7.79. The summed E-state index contributed by atoms with van der Waals surface area (Å²) in [6, 6.07) is 0. The van der Waals surface area contributed by atoms with Crippen LogP contribution in [0.5, 0.6) is 0 Å². The van der Waals surface area contributed by atoms with Crippen molar-refractivity contribution < 1.29 is 37.9 Å². The first kappa shape index (κ1) is 18.9. The number of ether oxygens (including phenoxy) is 4. The minimum atomic E-state index is -1.77. The summed E-state index contributed by atoms with van der Waals surface area (Å²) in [5, 5.41) is 19.7. The smallest absolute Gasteiger partial charge is 0.186 e. The predicted molar refractivity (Wildman–Crippen MR) is 74.2 cm³/mol. The molecule has 3 N–H and O–H groups in total. The molecule has 21 heavy (non-hydrogen) atoms. The molecule has 0 spiro atoms. The highest BCUT2D eigenvalue weighted by Crippen LogP contribution is 2.23. The number of methoxy groups -OCH3 is 2. The zero-order valence-corrected chi connectivity index (χ0v) is 13.0. The van der Waals surface area contributed by atoms with Gasteiger partial charge in [-0.1, -0.05) is 0 Å². The summed E-state index contributed by atoms with van der Waals surface area (Å²) in [6.07, 6.45) is -3.28. The molecule has 1 aliphatic rings. The van der Waals surface area contributed by atoms with Crippen LogP contribution in [0, 0.1) is 0 Å². The van der Waals surface area contributed by atoms with E-state index in [1.54, 1.807) is 0 Å². The molecule has 0 aromatic carbocycles. The topological polar surface area (TPSA) is 115 Å². The van der Waals surface area contributed by atoms with E-state index in [1.165, 1.54) is 14.2 Å². The third kappa shape index (κ3) is 5.87. The largest absolute Gasteiger partial charge is 0.387 e. The van der Waals surface area contributed by atoms with E-state index in [9.17, 15) is 14.4 Å². The summed E-state index contributed by atoms with van der Waals surface area (Å²) in [5.74, 6) is 0.223. The van der Waals surface area contributed by atoms with Crippen LogP contribution in [0.1, 0.15) is 12.8 Å². The van der Waals surface area contributed by atoms with Gasteiger partial charge < -0.3 is 33.7 Å². The molecule has 0 aliphatic carbocycles. The van der Waals surface area contributed by atoms with Crippen LogP contribution in [-0.4, -0.2) is 82.9 Å². The second-order valence-corrected chi connectivity index (χ2v) is 5.82. The van der Waals surface area contributed by atoms with Crippen LogP contribution in [-0.2, 0) is 30.0 Å². The number of hydrogen-bond donors (Lipinski definition) is 3. The third-order valence-electron chi connectivity index (χ3n) is 3.28. The maximum atomic E-state index is 10.5. The van der Waals surface area contributed by atoms with Crippen molar-refractivity contribution in [2.45, 2.75) is 43.5 Å². The van der Waals surface area contributed by atoms with E-state index in [0.29, 0.717) is 19.4 Å². The van der Waals surface area contributed by atoms with Gasteiger partial charge in [0.25, 0.3) is 0 Å². The van der Waals surface area contributed by atoms with Crippen molar-refractivity contribution in [1.82, 2.24) is 0 Å². The molecule has 0 aromatic heterocycles. The molecular weight excluding hydrogens is 304 g/mol. The van der Waals surface area contributed by atoms with E-state index in [1.807, 2.05) is 0 Å². The van der Waals surface area contributed by atoms with Gasteiger partial charge >= 0.3 is 0 Å². The van der Waals surface area contributed by atoms with Gasteiger partial charge in [-0.15, -0.1) is 0 Å². The van der Waals surface area contributed by atoms with Gasteiger partial charge in [0.2, 0.25) is 0 Å². The fraction of sp³-hybridized carbons (Fsp3) is 1.00. The second kappa shape index (κ2) is 9.80. The number of aliphatic hydroxyl groups excluding tert-OH is 2. The molecule has 6 atom stereocenters. The first-order valence-electron chi connectivity index (χ1n) is 6.73. The summed E-state index contributed by atoms with van der Waals surface area (Å²) >= 11 is -1.77. The van der Waals surface area contributed by atoms with Gasteiger partial charge in [0.1, 0.15) is 24.4 Å². The average molecular weight is 328 g/mol.